The molecule has 0 radical (unpaired) electrons. The summed E-state index contributed by atoms with van der Waals surface area (Å²) in [6, 6.07) is 10.4. The van der Waals surface area contributed by atoms with E-state index < -0.39 is 17.5 Å². The topological polar surface area (TPSA) is 157 Å². The van der Waals surface area contributed by atoms with Gasteiger partial charge in [0.2, 0.25) is 0 Å². The van der Waals surface area contributed by atoms with Gasteiger partial charge in [-0.1, -0.05) is 0 Å². The third-order valence-corrected chi connectivity index (χ3v) is 4.95. The van der Waals surface area contributed by atoms with E-state index in [9.17, 15) is 9.18 Å². The third kappa shape index (κ3) is 4.41. The van der Waals surface area contributed by atoms with Gasteiger partial charge >= 0.3 is 5.69 Å². The van der Waals surface area contributed by atoms with E-state index in [4.69, 9.17) is 20.6 Å². The molecule has 12 heteroatoms. The molecule has 0 saturated heterocycles. The molecule has 0 spiro atoms. The second kappa shape index (κ2) is 9.40. The van der Waals surface area contributed by atoms with Gasteiger partial charge in [0.15, 0.2) is 23.1 Å². The van der Waals surface area contributed by atoms with Gasteiger partial charge in [0.1, 0.15) is 11.9 Å². The van der Waals surface area contributed by atoms with E-state index in [1.807, 2.05) is 0 Å². The fraction of sp³-hybridized carbons (Fsp3) is 0.136. The van der Waals surface area contributed by atoms with Crippen molar-refractivity contribution in [2.75, 3.05) is 19.5 Å². The van der Waals surface area contributed by atoms with E-state index in [0.717, 1.165) is 4.68 Å². The van der Waals surface area contributed by atoms with E-state index in [0.29, 0.717) is 16.8 Å². The van der Waals surface area contributed by atoms with Gasteiger partial charge in [0.05, 0.1) is 14.2 Å². The Bertz CT molecular complexity index is 1370. The summed E-state index contributed by atoms with van der Waals surface area (Å²) in [4.78, 5) is 23.4. The van der Waals surface area contributed by atoms with Crippen molar-refractivity contribution in [3.63, 3.8) is 0 Å². The second-order valence-corrected chi connectivity index (χ2v) is 7.08. The van der Waals surface area contributed by atoms with Crippen LogP contribution in [0.25, 0.3) is 5.95 Å². The molecule has 0 aliphatic rings. The van der Waals surface area contributed by atoms with Crippen molar-refractivity contribution in [2.45, 2.75) is 6.04 Å². The molecule has 0 amide bonds. The fourth-order valence-corrected chi connectivity index (χ4v) is 3.33. The molecule has 0 aliphatic carbocycles. The van der Waals surface area contributed by atoms with E-state index in [2.05, 4.69) is 25.4 Å². The number of hydrogen-bond donors (Lipinski definition) is 4. The van der Waals surface area contributed by atoms with Gasteiger partial charge in [0.25, 0.3) is 5.95 Å². The highest BCUT2D eigenvalue weighted by Gasteiger charge is 2.24. The average Bonchev–Trinajstić information content (AvgIpc) is 3.23. The number of methoxy groups -OCH3 is 2. The molecular weight excluding hydrogens is 443 g/mol. The molecule has 34 heavy (non-hydrogen) atoms. The molecule has 4 aromatic rings. The minimum atomic E-state index is -0.810. The van der Waals surface area contributed by atoms with E-state index in [1.54, 1.807) is 36.4 Å². The smallest absolute Gasteiger partial charge is 0.350 e. The van der Waals surface area contributed by atoms with Gasteiger partial charge in [-0.15, -0.1) is 9.78 Å². The summed E-state index contributed by atoms with van der Waals surface area (Å²) in [5.74, 6) is -0.338. The molecule has 0 saturated carbocycles. The maximum Gasteiger partial charge on any atom is 0.350 e. The van der Waals surface area contributed by atoms with Gasteiger partial charge in [-0.05, 0) is 48.0 Å². The van der Waals surface area contributed by atoms with Crippen LogP contribution in [0.4, 0.5) is 10.1 Å². The molecule has 5 N–H and O–H groups in total. The van der Waals surface area contributed by atoms with Gasteiger partial charge in [0, 0.05) is 23.6 Å². The number of benzene rings is 2. The number of amidine groups is 1. The first-order chi connectivity index (χ1) is 16.4. The molecular formula is C22H21FN8O3. The molecule has 0 fully saturated rings. The number of rotatable bonds is 8. The molecule has 174 valence electrons. The van der Waals surface area contributed by atoms with Crippen molar-refractivity contribution in [3.05, 3.63) is 88.1 Å². The van der Waals surface area contributed by atoms with Crippen LogP contribution in [0.2, 0.25) is 0 Å². The number of aromatic nitrogens is 5. The van der Waals surface area contributed by atoms with Crippen molar-refractivity contribution in [1.82, 2.24) is 24.7 Å². The first kappa shape index (κ1) is 22.5. The first-order valence-electron chi connectivity index (χ1n) is 10.00. The van der Waals surface area contributed by atoms with Crippen molar-refractivity contribution < 1.29 is 13.9 Å². The maximum absolute atomic E-state index is 14.8. The third-order valence-electron chi connectivity index (χ3n) is 4.95. The highest BCUT2D eigenvalue weighted by Crippen LogP contribution is 2.35. The molecule has 1 atom stereocenters. The summed E-state index contributed by atoms with van der Waals surface area (Å²) in [6.07, 6.45) is 2.97. The van der Waals surface area contributed by atoms with Crippen LogP contribution in [0.1, 0.15) is 23.0 Å². The zero-order valence-corrected chi connectivity index (χ0v) is 18.2. The highest BCUT2D eigenvalue weighted by atomic mass is 19.1. The Hall–Kier alpha value is -4.74. The van der Waals surface area contributed by atoms with Crippen LogP contribution in [-0.2, 0) is 0 Å². The standard InChI is InChI=1S/C22H21FN8O3/c1-33-16-11-13(10-15(23)18(16)34-2)17(28-14-6-4-12(5-7-14)19(24)25)20-29-22(32)31(30-20)21-26-8-3-9-27-21/h3-11,17,28H,1-2H3,(H3,24,25)(H,29,30,32). The number of nitrogen functional groups attached to an aromatic ring is 1. The Morgan fingerprint density at radius 2 is 1.88 bits per heavy atom. The van der Waals surface area contributed by atoms with E-state index in [-0.39, 0.29) is 29.1 Å². The van der Waals surface area contributed by atoms with Gasteiger partial charge in [-0.2, -0.15) is 0 Å². The number of H-pyrrole nitrogens is 1. The molecule has 2 aromatic heterocycles. The fourth-order valence-electron chi connectivity index (χ4n) is 3.33. The monoisotopic (exact) mass is 464 g/mol. The number of aromatic amines is 1. The SMILES string of the molecule is COc1cc(C(Nc2ccc(C(=N)N)cc2)c2nn(-c3ncccn3)c(=O)[nH]2)cc(F)c1OC. The lowest BCUT2D eigenvalue weighted by Gasteiger charge is -2.20. The Labute approximate surface area is 192 Å². The zero-order chi connectivity index (χ0) is 24.2. The lowest BCUT2D eigenvalue weighted by atomic mass is 10.0. The summed E-state index contributed by atoms with van der Waals surface area (Å²) >= 11 is 0. The van der Waals surface area contributed by atoms with Crippen LogP contribution >= 0.6 is 0 Å². The van der Waals surface area contributed by atoms with Crippen molar-refractivity contribution in [2.24, 2.45) is 5.73 Å². The number of halogens is 1. The lowest BCUT2D eigenvalue weighted by molar-refractivity contribution is 0.336. The van der Waals surface area contributed by atoms with Crippen LogP contribution < -0.4 is 26.2 Å². The highest BCUT2D eigenvalue weighted by molar-refractivity contribution is 5.95. The van der Waals surface area contributed by atoms with Crippen molar-refractivity contribution in [3.8, 4) is 17.4 Å². The molecule has 0 bridgehead atoms. The Morgan fingerprint density at radius 1 is 1.18 bits per heavy atom. The van der Waals surface area contributed by atoms with Crippen LogP contribution in [0.5, 0.6) is 11.5 Å². The quantitative estimate of drug-likeness (QED) is 0.228. The van der Waals surface area contributed by atoms with Crippen LogP contribution in [0.3, 0.4) is 0 Å². The zero-order valence-electron chi connectivity index (χ0n) is 18.2. The van der Waals surface area contributed by atoms with Gasteiger partial charge in [-0.3, -0.25) is 10.4 Å². The predicted octanol–water partition coefficient (Wildman–Crippen LogP) is 1.99. The summed E-state index contributed by atoms with van der Waals surface area (Å²) in [5, 5.41) is 15.1. The normalized spacial score (nSPS) is 11.6. The van der Waals surface area contributed by atoms with Crippen LogP contribution in [-0.4, -0.2) is 44.8 Å². The number of anilines is 1. The Morgan fingerprint density at radius 3 is 2.50 bits per heavy atom. The summed E-state index contributed by atoms with van der Waals surface area (Å²) in [5.41, 5.74) is 6.51. The Balaban J connectivity index is 1.82. The number of nitrogens with two attached hydrogens (primary N) is 1. The molecule has 1 unspecified atom stereocenters. The largest absolute Gasteiger partial charge is 0.493 e. The molecule has 11 nitrogen and oxygen atoms in total. The summed E-state index contributed by atoms with van der Waals surface area (Å²) in [6.45, 7) is 0. The minimum absolute atomic E-state index is 0.0486. The predicted molar refractivity (Wildman–Crippen MR) is 122 cm³/mol. The molecule has 4 rings (SSSR count). The van der Waals surface area contributed by atoms with Crippen molar-refractivity contribution in [1.29, 1.82) is 5.41 Å². The summed E-state index contributed by atoms with van der Waals surface area (Å²) < 4.78 is 26.2. The van der Waals surface area contributed by atoms with Gasteiger partial charge in [-0.25, -0.2) is 19.2 Å². The van der Waals surface area contributed by atoms with Crippen LogP contribution in [0, 0.1) is 11.2 Å². The van der Waals surface area contributed by atoms with E-state index >= 15 is 0 Å². The summed E-state index contributed by atoms with van der Waals surface area (Å²) in [7, 11) is 2.74. The number of hydrogen-bond acceptors (Lipinski definition) is 8. The first-order valence-corrected chi connectivity index (χ1v) is 10.00. The number of nitrogens with zero attached hydrogens (tertiary/aromatic N) is 4. The average molecular weight is 464 g/mol. The molecule has 0 aliphatic heterocycles. The lowest BCUT2D eigenvalue weighted by Crippen LogP contribution is -2.18. The van der Waals surface area contributed by atoms with E-state index in [1.165, 1.54) is 32.7 Å². The van der Waals surface area contributed by atoms with Crippen LogP contribution in [0.15, 0.2) is 59.7 Å². The molecule has 2 aromatic carbocycles. The minimum Gasteiger partial charge on any atom is -0.493 e. The Kier molecular flexibility index (Phi) is 6.21. The second-order valence-electron chi connectivity index (χ2n) is 7.08. The molecule has 2 heterocycles. The maximum atomic E-state index is 14.8. The van der Waals surface area contributed by atoms with Crippen molar-refractivity contribution >= 4 is 11.5 Å². The number of nitrogens with one attached hydrogen (secondary N) is 3. The number of ether oxygens (including phenoxy) is 2. The van der Waals surface area contributed by atoms with Gasteiger partial charge < -0.3 is 20.5 Å².